The van der Waals surface area contributed by atoms with E-state index in [2.05, 4.69) is 46.8 Å². The molecule has 1 saturated carbocycles. The van der Waals surface area contributed by atoms with Crippen molar-refractivity contribution in [1.29, 1.82) is 0 Å². The number of amides is 5. The highest BCUT2D eigenvalue weighted by Crippen LogP contribution is 2.53. The molecule has 36 heteroatoms. The maximum atomic E-state index is 14.3. The molecule has 3 unspecified atom stereocenters. The van der Waals surface area contributed by atoms with Crippen molar-refractivity contribution < 1.29 is 117 Å². The highest BCUT2D eigenvalue weighted by Gasteiger charge is 2.50. The van der Waals surface area contributed by atoms with Crippen LogP contribution in [-0.2, 0) is 91.8 Å². The average molecular weight is 1790 g/mol. The van der Waals surface area contributed by atoms with Crippen molar-refractivity contribution in [2.75, 3.05) is 67.0 Å². The maximum Gasteiger partial charge on any atom is 0.501 e. The number of ether oxygens (including phenoxy) is 8. The van der Waals surface area contributed by atoms with Gasteiger partial charge in [-0.2, -0.15) is 8.42 Å². The Morgan fingerprint density at radius 1 is 0.677 bits per heavy atom. The summed E-state index contributed by atoms with van der Waals surface area (Å²) in [4.78, 5) is 84.9. The molecule has 0 radical (unpaired) electrons. The number of hydrogen-bond acceptors (Lipinski definition) is 27. The lowest BCUT2D eigenvalue weighted by atomic mass is 9.90. The SMILES string of the molecule is C=C(NC(=O)[C@@H](CS(=O)(=O)O)NC(=O)OCC1[C@H]2CC/C=C\CC[C@@H]12)C(C)(C)COCC(C)(C)CNC(=O)c1ccc(O[C@@H]2OC(CO)[C@H](O)[C@H](O)[C@H]2O)c(OS(=O)(=O)Oc2ccc(C[N+](C)(C)Cc3cc(COc4cc5c(cc4OC)C(=O)N4Cc6ccsc6CC4C=N5)cc(COc4cc5c(cc4OC)C(=O)N4Cc6ccsc6C[C@H]4C=N5)c3)cc2)c1. The van der Waals surface area contributed by atoms with Crippen LogP contribution in [0.25, 0.3) is 0 Å². The van der Waals surface area contributed by atoms with Crippen molar-refractivity contribution in [3.63, 3.8) is 0 Å². The van der Waals surface area contributed by atoms with Crippen LogP contribution in [0.3, 0.4) is 0 Å². The van der Waals surface area contributed by atoms with E-state index in [0.717, 1.165) is 71.2 Å². The van der Waals surface area contributed by atoms with E-state index in [9.17, 15) is 65.8 Å². The standard InChI is InChI=1S/C88H102N8O24S4/c1-50(92-82(102)68(46-123(106,107)108)93-86(105)116-45-65-61-14-12-10-11-13-15-62(61)65)88(4,5)49-113-48-87(2,3)47-91-81(101)55-18-21-69(117-85-80(100)79(99)78(98)75(42-97)118-85)74(29-55)120-124(109,110)119-60-19-16-51(17-20-60)40-96(6,7)41-52-26-53(43-114-72-34-66-63(32-70(72)111-8)83(103)94-38-56-22-24-121-76(56)30-58(94)36-89-66)28-54(27-52)44-115-73-35-67-64(33-71(73)112-9)84(104)95-39-57-23-25-122-77(57)31-59(95)37-90-67/h10-11,16-29,32-37,58-59,61-62,65,68,75,78-80,85,97-100H,1,12-15,30-31,38-49H2,2-9H3,(H3-,91,92,93,101,102,105,106,107,108)/p+1/b11-10-/t58-,59?,61-,62+,65?,68+,75?,78-,79-,80+,85+/m0/s1. The van der Waals surface area contributed by atoms with Gasteiger partial charge in [0, 0.05) is 100 Å². The van der Waals surface area contributed by atoms with Crippen molar-refractivity contribution in [2.24, 2.45) is 38.6 Å². The minimum atomic E-state index is -5.15. The lowest BCUT2D eigenvalue weighted by Crippen LogP contribution is -2.60. The Morgan fingerprint density at radius 2 is 1.24 bits per heavy atom. The minimum Gasteiger partial charge on any atom is -0.493 e. The number of thiophene rings is 2. The number of allylic oxidation sites excluding steroid dienone is 2. The van der Waals surface area contributed by atoms with Gasteiger partial charge in [0.05, 0.1) is 89.3 Å². The number of aliphatic hydroxyl groups is 4. The number of hydrogen-bond donors (Lipinski definition) is 8. The van der Waals surface area contributed by atoms with Crippen LogP contribution in [0.4, 0.5) is 16.2 Å². The van der Waals surface area contributed by atoms with Gasteiger partial charge in [0.2, 0.25) is 12.2 Å². The summed E-state index contributed by atoms with van der Waals surface area (Å²) < 4.78 is 121. The van der Waals surface area contributed by atoms with Gasteiger partial charge in [-0.15, -0.1) is 31.1 Å². The van der Waals surface area contributed by atoms with Gasteiger partial charge in [0.15, 0.2) is 34.5 Å². The number of methoxy groups -OCH3 is 2. The lowest BCUT2D eigenvalue weighted by molar-refractivity contribution is -0.916. The third-order valence-electron chi connectivity index (χ3n) is 23.2. The number of alkyl carbamates (subject to hydrolysis) is 1. The lowest BCUT2D eigenvalue weighted by Gasteiger charge is -2.39. The molecule has 7 aromatic rings. The molecule has 14 rings (SSSR count). The van der Waals surface area contributed by atoms with E-state index in [1.807, 2.05) is 65.3 Å². The van der Waals surface area contributed by atoms with Crippen molar-refractivity contribution >= 4 is 96.7 Å². The van der Waals surface area contributed by atoms with Gasteiger partial charge in [-0.1, -0.05) is 46.4 Å². The first-order valence-electron chi connectivity index (χ1n) is 40.7. The Hall–Kier alpha value is -10.4. The molecule has 0 spiro atoms. The first-order chi connectivity index (χ1) is 59.0. The summed E-state index contributed by atoms with van der Waals surface area (Å²) in [7, 11) is -2.87. The third kappa shape index (κ3) is 21.6. The van der Waals surface area contributed by atoms with Crippen LogP contribution in [0.15, 0.2) is 142 Å². The molecule has 7 heterocycles. The van der Waals surface area contributed by atoms with E-state index in [1.54, 1.807) is 86.8 Å². The number of benzene rings is 5. The number of rotatable bonds is 34. The second-order valence-corrected chi connectivity index (χ2v) is 38.9. The van der Waals surface area contributed by atoms with Crippen LogP contribution in [0.1, 0.15) is 128 Å². The number of carbonyl (C=O) groups is 5. The Morgan fingerprint density at radius 3 is 1.80 bits per heavy atom. The molecule has 8 N–H and O–H groups in total. The molecule has 32 nitrogen and oxygen atoms in total. The highest BCUT2D eigenvalue weighted by atomic mass is 32.3. The van der Waals surface area contributed by atoms with Crippen molar-refractivity contribution in [3.8, 4) is 40.2 Å². The third-order valence-corrected chi connectivity index (χ3v) is 26.7. The smallest absolute Gasteiger partial charge is 0.493 e. The van der Waals surface area contributed by atoms with Crippen LogP contribution >= 0.6 is 22.7 Å². The van der Waals surface area contributed by atoms with Crippen LogP contribution in [0, 0.1) is 28.6 Å². The first-order valence-corrected chi connectivity index (χ1v) is 45.4. The molecule has 2 fully saturated rings. The fourth-order valence-corrected chi connectivity index (χ4v) is 19.6. The number of quaternary nitrogens is 1. The summed E-state index contributed by atoms with van der Waals surface area (Å²) in [6.45, 7) is 11.9. The van der Waals surface area contributed by atoms with Crippen molar-refractivity contribution in [1.82, 2.24) is 25.8 Å². The number of nitrogens with zero attached hydrogens (tertiary/aromatic N) is 5. The summed E-state index contributed by atoms with van der Waals surface area (Å²) in [5, 5.41) is 53.8. The summed E-state index contributed by atoms with van der Waals surface area (Å²) in [6, 6.07) is 24.3. The largest absolute Gasteiger partial charge is 0.501 e. The second kappa shape index (κ2) is 37.4. The molecule has 7 aliphatic rings. The Bertz CT molecular complexity index is 5340. The fraction of sp³-hybridized carbons (Fsp3) is 0.443. The van der Waals surface area contributed by atoms with Gasteiger partial charge < -0.3 is 96.9 Å². The van der Waals surface area contributed by atoms with E-state index < -0.39 is 110 Å². The van der Waals surface area contributed by atoms with Gasteiger partial charge in [-0.25, -0.2) is 4.79 Å². The van der Waals surface area contributed by atoms with Crippen molar-refractivity contribution in [3.05, 3.63) is 192 Å². The Balaban J connectivity index is 0.633. The molecule has 662 valence electrons. The molecule has 5 aliphatic heterocycles. The highest BCUT2D eigenvalue weighted by molar-refractivity contribution is 7.85. The minimum absolute atomic E-state index is 0.00241. The summed E-state index contributed by atoms with van der Waals surface area (Å²) in [5.74, 6) is -2.11. The van der Waals surface area contributed by atoms with Gasteiger partial charge in [-0.3, -0.25) is 33.7 Å². The number of fused-ring (bicyclic) bond motifs is 7. The average Bonchev–Trinajstić information content (AvgIpc) is 1.62. The molecule has 0 bridgehead atoms. The zero-order valence-corrected chi connectivity index (χ0v) is 73.1. The predicted molar refractivity (Wildman–Crippen MR) is 459 cm³/mol. The van der Waals surface area contributed by atoms with Gasteiger partial charge in [0.1, 0.15) is 68.3 Å². The molecule has 1 saturated heterocycles. The van der Waals surface area contributed by atoms with E-state index in [4.69, 9.17) is 56.2 Å². The molecule has 2 aliphatic carbocycles. The number of aliphatic hydroxyl groups excluding tert-OH is 4. The van der Waals surface area contributed by atoms with Crippen LogP contribution < -0.4 is 48.0 Å². The van der Waals surface area contributed by atoms with E-state index in [1.165, 1.54) is 42.2 Å². The quantitative estimate of drug-likeness (QED) is 0.0106. The number of nitrogens with one attached hydrogen (secondary N) is 3. The Kier molecular flexibility index (Phi) is 27.2. The normalized spacial score (nSPS) is 22.0. The molecule has 11 atom stereocenters. The molecule has 5 aromatic carbocycles. The topological polar surface area (TPSA) is 414 Å². The summed E-state index contributed by atoms with van der Waals surface area (Å²) in [6.07, 6.45) is 3.13. The maximum absolute atomic E-state index is 14.3. The van der Waals surface area contributed by atoms with E-state index >= 15 is 0 Å². The number of aliphatic imine (C=N–C) groups is 2. The fourth-order valence-electron chi connectivity index (χ4n) is 16.3. The first kappa shape index (κ1) is 89.9. The molecule has 124 heavy (non-hydrogen) atoms. The molecule has 2 aromatic heterocycles. The van der Waals surface area contributed by atoms with Gasteiger partial charge >= 0.3 is 16.5 Å². The van der Waals surface area contributed by atoms with Gasteiger partial charge in [0.25, 0.3) is 27.8 Å². The summed E-state index contributed by atoms with van der Waals surface area (Å²) in [5.41, 5.74) is 5.13. The molecular formula is C88H103N8O24S4+. The zero-order valence-electron chi connectivity index (χ0n) is 69.8. The van der Waals surface area contributed by atoms with E-state index in [-0.39, 0.29) is 86.4 Å². The van der Waals surface area contributed by atoms with Crippen LogP contribution in [0.5, 0.6) is 40.2 Å². The molecular weight excluding hydrogens is 1680 g/mol. The zero-order chi connectivity index (χ0) is 88.3. The van der Waals surface area contributed by atoms with E-state index in [0.29, 0.717) is 101 Å². The van der Waals surface area contributed by atoms with Crippen LogP contribution in [0.2, 0.25) is 0 Å². The number of carbonyl (C=O) groups excluding carboxylic acids is 5. The van der Waals surface area contributed by atoms with Crippen molar-refractivity contribution in [2.45, 2.75) is 154 Å². The Labute approximate surface area is 727 Å². The van der Waals surface area contributed by atoms with Gasteiger partial charge in [-0.05, 0) is 161 Å². The second-order valence-electron chi connectivity index (χ2n) is 34.3. The monoisotopic (exact) mass is 1780 g/mol. The predicted octanol–water partition coefficient (Wildman–Crippen LogP) is 9.61. The summed E-state index contributed by atoms with van der Waals surface area (Å²) >= 11 is 3.34. The van der Waals surface area contributed by atoms with Crippen LogP contribution in [-0.4, -0.2) is 214 Å². The molecule has 5 amide bonds.